The Balaban J connectivity index is 1.41. The van der Waals surface area contributed by atoms with E-state index < -0.39 is 0 Å². The lowest BCUT2D eigenvalue weighted by Crippen LogP contribution is -2.41. The van der Waals surface area contributed by atoms with Crippen LogP contribution in [0.5, 0.6) is 0 Å². The van der Waals surface area contributed by atoms with Crippen molar-refractivity contribution in [3.63, 3.8) is 0 Å². The molecule has 0 bridgehead atoms. The Morgan fingerprint density at radius 3 is 2.41 bits per heavy atom. The number of likely N-dealkylation sites (tertiary alicyclic amines) is 1. The number of aryl methyl sites for hydroxylation is 1. The van der Waals surface area contributed by atoms with Gasteiger partial charge in [0.25, 0.3) is 5.91 Å². The average Bonchev–Trinajstić information content (AvgIpc) is 2.78. The molecule has 0 aromatic heterocycles. The molecular weight excluding hydrogens is 360 g/mol. The van der Waals surface area contributed by atoms with E-state index in [1.165, 1.54) is 0 Å². The van der Waals surface area contributed by atoms with E-state index in [9.17, 15) is 9.59 Å². The number of hydrogen-bond acceptors (Lipinski definition) is 2. The molecule has 4 heteroatoms. The van der Waals surface area contributed by atoms with E-state index in [1.54, 1.807) is 0 Å². The fraction of sp³-hybridized carbons (Fsp3) is 0.280. The molecule has 1 saturated heterocycles. The molecule has 148 valence electrons. The van der Waals surface area contributed by atoms with Crippen LogP contribution in [0.3, 0.4) is 0 Å². The summed E-state index contributed by atoms with van der Waals surface area (Å²) >= 11 is 0. The average molecular weight is 386 g/mol. The predicted octanol–water partition coefficient (Wildman–Crippen LogP) is 4.89. The van der Waals surface area contributed by atoms with Gasteiger partial charge in [0.05, 0.1) is 0 Å². The minimum absolute atomic E-state index is 0.0528. The van der Waals surface area contributed by atoms with Gasteiger partial charge in [-0.15, -0.1) is 0 Å². The smallest absolute Gasteiger partial charge is 0.254 e. The summed E-state index contributed by atoms with van der Waals surface area (Å²) in [4.78, 5) is 27.7. The van der Waals surface area contributed by atoms with Crippen molar-refractivity contribution < 1.29 is 9.59 Å². The Morgan fingerprint density at radius 2 is 1.62 bits per heavy atom. The number of carbonyl (C=O) groups excluding carboxylic acids is 2. The van der Waals surface area contributed by atoms with E-state index in [-0.39, 0.29) is 17.7 Å². The highest BCUT2D eigenvalue weighted by atomic mass is 16.2. The number of rotatable bonds is 4. The van der Waals surface area contributed by atoms with Crippen LogP contribution in [0.25, 0.3) is 10.8 Å². The molecule has 1 heterocycles. The number of benzene rings is 3. The Bertz CT molecular complexity index is 1030. The lowest BCUT2D eigenvalue weighted by Gasteiger charge is -2.31. The van der Waals surface area contributed by atoms with Crippen LogP contribution in [-0.4, -0.2) is 29.8 Å². The van der Waals surface area contributed by atoms with Crippen LogP contribution >= 0.6 is 0 Å². The first kappa shape index (κ1) is 19.2. The summed E-state index contributed by atoms with van der Waals surface area (Å²) in [5.74, 6) is 0.0524. The molecule has 3 aromatic rings. The van der Waals surface area contributed by atoms with Crippen molar-refractivity contribution in [2.24, 2.45) is 5.92 Å². The van der Waals surface area contributed by atoms with Gasteiger partial charge in [-0.2, -0.15) is 0 Å². The molecule has 0 spiro atoms. The topological polar surface area (TPSA) is 49.4 Å². The van der Waals surface area contributed by atoms with Gasteiger partial charge in [-0.25, -0.2) is 0 Å². The van der Waals surface area contributed by atoms with E-state index in [4.69, 9.17) is 0 Å². The largest absolute Gasteiger partial charge is 0.339 e. The van der Waals surface area contributed by atoms with Crippen molar-refractivity contribution in [2.45, 2.75) is 26.2 Å². The van der Waals surface area contributed by atoms with Crippen LogP contribution in [-0.2, 0) is 11.2 Å². The van der Waals surface area contributed by atoms with Crippen LogP contribution in [0.1, 0.15) is 35.7 Å². The molecule has 0 saturated carbocycles. The van der Waals surface area contributed by atoms with Crippen molar-refractivity contribution in [1.29, 1.82) is 0 Å². The normalized spacial score (nSPS) is 14.7. The van der Waals surface area contributed by atoms with Gasteiger partial charge in [0.15, 0.2) is 0 Å². The van der Waals surface area contributed by atoms with E-state index in [1.807, 2.05) is 71.6 Å². The highest BCUT2D eigenvalue weighted by molar-refractivity contribution is 6.07. The first-order valence-electron chi connectivity index (χ1n) is 10.3. The maximum atomic E-state index is 13.1. The third-order valence-electron chi connectivity index (χ3n) is 5.83. The number of nitrogens with zero attached hydrogens (tertiary/aromatic N) is 1. The quantitative estimate of drug-likeness (QED) is 0.694. The Labute approximate surface area is 171 Å². The number of hydrogen-bond donors (Lipinski definition) is 1. The van der Waals surface area contributed by atoms with E-state index in [0.29, 0.717) is 25.9 Å². The number of fused-ring (bicyclic) bond motifs is 1. The molecule has 2 amide bonds. The maximum Gasteiger partial charge on any atom is 0.254 e. The summed E-state index contributed by atoms with van der Waals surface area (Å²) < 4.78 is 0. The number of carbonyl (C=O) groups is 2. The van der Waals surface area contributed by atoms with Crippen LogP contribution < -0.4 is 5.32 Å². The molecule has 0 radical (unpaired) electrons. The fourth-order valence-electron chi connectivity index (χ4n) is 4.11. The summed E-state index contributed by atoms with van der Waals surface area (Å²) in [6, 6.07) is 21.7. The van der Waals surface area contributed by atoms with E-state index in [0.717, 1.165) is 34.0 Å². The molecule has 1 aliphatic rings. The van der Waals surface area contributed by atoms with E-state index >= 15 is 0 Å². The second-order valence-corrected chi connectivity index (χ2v) is 7.59. The summed E-state index contributed by atoms with van der Waals surface area (Å²) in [6.45, 7) is 3.30. The minimum Gasteiger partial charge on any atom is -0.339 e. The molecule has 4 nitrogen and oxygen atoms in total. The Morgan fingerprint density at radius 1 is 0.931 bits per heavy atom. The van der Waals surface area contributed by atoms with Gasteiger partial charge >= 0.3 is 0 Å². The predicted molar refractivity (Wildman–Crippen MR) is 117 cm³/mol. The summed E-state index contributed by atoms with van der Waals surface area (Å²) in [5.41, 5.74) is 2.78. The van der Waals surface area contributed by atoms with Crippen molar-refractivity contribution >= 4 is 28.3 Å². The zero-order valence-corrected chi connectivity index (χ0v) is 16.7. The SMILES string of the molecule is CCc1ccccc1NC(=O)C1CCN(C(=O)c2cccc3ccccc23)CC1. The zero-order chi connectivity index (χ0) is 20.2. The molecule has 0 aliphatic carbocycles. The van der Waals surface area contributed by atoms with Crippen LogP contribution in [0, 0.1) is 5.92 Å². The Hall–Kier alpha value is -3.14. The lowest BCUT2D eigenvalue weighted by atomic mass is 9.94. The van der Waals surface area contributed by atoms with Crippen LogP contribution in [0.2, 0.25) is 0 Å². The second kappa shape index (κ2) is 8.48. The minimum atomic E-state index is -0.0588. The van der Waals surface area contributed by atoms with Crippen molar-refractivity contribution in [3.8, 4) is 0 Å². The molecule has 1 aliphatic heterocycles. The lowest BCUT2D eigenvalue weighted by molar-refractivity contribution is -0.121. The highest BCUT2D eigenvalue weighted by Crippen LogP contribution is 2.25. The summed E-state index contributed by atoms with van der Waals surface area (Å²) in [6.07, 6.45) is 2.27. The molecule has 1 N–H and O–H groups in total. The number of piperidine rings is 1. The molecule has 29 heavy (non-hydrogen) atoms. The molecule has 0 unspecified atom stereocenters. The zero-order valence-electron chi connectivity index (χ0n) is 16.7. The van der Waals surface area contributed by atoms with Crippen LogP contribution in [0.4, 0.5) is 5.69 Å². The third-order valence-corrected chi connectivity index (χ3v) is 5.83. The molecular formula is C25H26N2O2. The molecule has 1 fully saturated rings. The highest BCUT2D eigenvalue weighted by Gasteiger charge is 2.28. The van der Waals surface area contributed by atoms with Crippen molar-refractivity contribution in [3.05, 3.63) is 77.9 Å². The van der Waals surface area contributed by atoms with Gasteiger partial charge in [-0.3, -0.25) is 9.59 Å². The van der Waals surface area contributed by atoms with Gasteiger partial charge in [0.2, 0.25) is 5.91 Å². The fourth-order valence-corrected chi connectivity index (χ4v) is 4.11. The van der Waals surface area contributed by atoms with Crippen molar-refractivity contribution in [1.82, 2.24) is 4.90 Å². The first-order chi connectivity index (χ1) is 14.2. The number of nitrogens with one attached hydrogen (secondary N) is 1. The van der Waals surface area contributed by atoms with E-state index in [2.05, 4.69) is 12.2 Å². The van der Waals surface area contributed by atoms with Gasteiger partial charge < -0.3 is 10.2 Å². The summed E-state index contributed by atoms with van der Waals surface area (Å²) in [7, 11) is 0. The third kappa shape index (κ3) is 4.02. The second-order valence-electron chi connectivity index (χ2n) is 7.59. The van der Waals surface area contributed by atoms with Gasteiger partial charge in [-0.05, 0) is 47.7 Å². The molecule has 4 rings (SSSR count). The number of anilines is 1. The number of amides is 2. The van der Waals surface area contributed by atoms with Gasteiger partial charge in [0.1, 0.15) is 0 Å². The molecule has 0 atom stereocenters. The molecule has 3 aromatic carbocycles. The monoisotopic (exact) mass is 386 g/mol. The van der Waals surface area contributed by atoms with Crippen LogP contribution in [0.15, 0.2) is 66.7 Å². The number of para-hydroxylation sites is 1. The van der Waals surface area contributed by atoms with Gasteiger partial charge in [-0.1, -0.05) is 61.5 Å². The summed E-state index contributed by atoms with van der Waals surface area (Å²) in [5, 5.41) is 5.14. The van der Waals surface area contributed by atoms with Crippen molar-refractivity contribution in [2.75, 3.05) is 18.4 Å². The van der Waals surface area contributed by atoms with Gasteiger partial charge in [0, 0.05) is 30.3 Å². The standard InChI is InChI=1S/C25H26N2O2/c1-2-18-8-4-6-13-23(18)26-24(28)20-14-16-27(17-15-20)25(29)22-12-7-10-19-9-3-5-11-21(19)22/h3-13,20H,2,14-17H2,1H3,(H,26,28). The first-order valence-corrected chi connectivity index (χ1v) is 10.3. The Kier molecular flexibility index (Phi) is 5.61. The maximum absolute atomic E-state index is 13.1.